The molecule has 7 nitrogen and oxygen atoms in total. The molecule has 0 radical (unpaired) electrons. The Balaban J connectivity index is 1.80. The quantitative estimate of drug-likeness (QED) is 0.726. The number of sulfonamides is 1. The number of benzene rings is 1. The summed E-state index contributed by atoms with van der Waals surface area (Å²) in [5.74, 6) is -0.685. The third-order valence-corrected chi connectivity index (χ3v) is 5.53. The van der Waals surface area contributed by atoms with E-state index in [-0.39, 0.29) is 25.5 Å². The number of halogens is 2. The normalized spacial score (nSPS) is 16.0. The Morgan fingerprint density at radius 2 is 1.69 bits per heavy atom. The van der Waals surface area contributed by atoms with Crippen LogP contribution in [0.25, 0.3) is 6.08 Å². The predicted molar refractivity (Wildman–Crippen MR) is 102 cm³/mol. The molecule has 1 aromatic carbocycles. The highest BCUT2D eigenvalue weighted by Crippen LogP contribution is 2.19. The summed E-state index contributed by atoms with van der Waals surface area (Å²) in [6.45, 7) is 0.970. The van der Waals surface area contributed by atoms with Crippen LogP contribution in [0, 0.1) is 0 Å². The van der Waals surface area contributed by atoms with Gasteiger partial charge in [-0.05, 0) is 29.8 Å². The van der Waals surface area contributed by atoms with Crippen LogP contribution in [0.4, 0.5) is 0 Å². The van der Waals surface area contributed by atoms with Crippen molar-refractivity contribution in [2.45, 2.75) is 0 Å². The first-order valence-electron chi connectivity index (χ1n) is 7.80. The van der Waals surface area contributed by atoms with E-state index in [1.165, 1.54) is 15.3 Å². The fourth-order valence-electron chi connectivity index (χ4n) is 2.45. The van der Waals surface area contributed by atoms with Gasteiger partial charge in [0.25, 0.3) is 0 Å². The first kappa shape index (κ1) is 20.7. The summed E-state index contributed by atoms with van der Waals surface area (Å²) in [5, 5.41) is 3.42. The summed E-state index contributed by atoms with van der Waals surface area (Å²) in [4.78, 5) is 25.5. The van der Waals surface area contributed by atoms with Crippen LogP contribution in [-0.2, 0) is 19.6 Å². The molecule has 0 aliphatic carbocycles. The Labute approximate surface area is 162 Å². The molecule has 0 unspecified atom stereocenters. The van der Waals surface area contributed by atoms with Crippen LogP contribution in [0.3, 0.4) is 0 Å². The zero-order valence-corrected chi connectivity index (χ0v) is 16.4. The molecule has 10 heteroatoms. The monoisotopic (exact) mass is 419 g/mol. The van der Waals surface area contributed by atoms with Crippen LogP contribution < -0.4 is 5.32 Å². The van der Waals surface area contributed by atoms with Gasteiger partial charge in [0, 0.05) is 42.3 Å². The van der Waals surface area contributed by atoms with Crippen molar-refractivity contribution >= 4 is 51.1 Å². The van der Waals surface area contributed by atoms with Crippen molar-refractivity contribution in [3.8, 4) is 0 Å². The van der Waals surface area contributed by atoms with Gasteiger partial charge in [-0.2, -0.15) is 4.31 Å². The van der Waals surface area contributed by atoms with Gasteiger partial charge in [0.15, 0.2) is 0 Å². The number of amides is 2. The molecule has 0 aromatic heterocycles. The molecule has 1 aliphatic rings. The summed E-state index contributed by atoms with van der Waals surface area (Å²) in [7, 11) is -3.24. The fraction of sp³-hybridized carbons (Fsp3) is 0.375. The van der Waals surface area contributed by atoms with Crippen molar-refractivity contribution in [1.29, 1.82) is 0 Å². The van der Waals surface area contributed by atoms with Crippen LogP contribution in [0.2, 0.25) is 10.0 Å². The maximum absolute atomic E-state index is 12.1. The van der Waals surface area contributed by atoms with Crippen LogP contribution in [0.5, 0.6) is 0 Å². The van der Waals surface area contributed by atoms with Crippen molar-refractivity contribution in [1.82, 2.24) is 14.5 Å². The second kappa shape index (κ2) is 8.85. The number of hydrogen-bond acceptors (Lipinski definition) is 4. The van der Waals surface area contributed by atoms with E-state index in [1.807, 2.05) is 0 Å². The lowest BCUT2D eigenvalue weighted by Crippen LogP contribution is -2.52. The number of carbonyl (C=O) groups excluding carboxylic acids is 2. The number of carbonyl (C=O) groups is 2. The van der Waals surface area contributed by atoms with Gasteiger partial charge in [0.1, 0.15) is 0 Å². The largest absolute Gasteiger partial charge is 0.343 e. The molecule has 1 heterocycles. The molecule has 0 bridgehead atoms. The third-order valence-electron chi connectivity index (χ3n) is 3.79. The van der Waals surface area contributed by atoms with Gasteiger partial charge in [0.2, 0.25) is 21.8 Å². The van der Waals surface area contributed by atoms with Crippen molar-refractivity contribution in [3.63, 3.8) is 0 Å². The minimum Gasteiger partial charge on any atom is -0.343 e. The van der Waals surface area contributed by atoms with Gasteiger partial charge < -0.3 is 10.2 Å². The van der Waals surface area contributed by atoms with E-state index in [0.717, 1.165) is 6.26 Å². The molecule has 0 spiro atoms. The number of nitrogens with one attached hydrogen (secondary N) is 1. The van der Waals surface area contributed by atoms with E-state index in [9.17, 15) is 18.0 Å². The SMILES string of the molecule is CS(=O)(=O)N1CCN(C(=O)CNC(=O)/C=C/c2cc(Cl)cc(Cl)c2)CC1. The summed E-state index contributed by atoms with van der Waals surface area (Å²) in [6.07, 6.45) is 3.98. The molecule has 0 atom stereocenters. The highest BCUT2D eigenvalue weighted by Gasteiger charge is 2.25. The van der Waals surface area contributed by atoms with Gasteiger partial charge in [-0.3, -0.25) is 9.59 Å². The van der Waals surface area contributed by atoms with Crippen LogP contribution in [0.1, 0.15) is 5.56 Å². The highest BCUT2D eigenvalue weighted by molar-refractivity contribution is 7.88. The van der Waals surface area contributed by atoms with Crippen molar-refractivity contribution in [2.24, 2.45) is 0 Å². The lowest BCUT2D eigenvalue weighted by molar-refractivity contribution is -0.133. The molecule has 142 valence electrons. The summed E-state index contributed by atoms with van der Waals surface area (Å²) >= 11 is 11.8. The summed E-state index contributed by atoms with van der Waals surface area (Å²) in [5.41, 5.74) is 0.667. The van der Waals surface area contributed by atoms with E-state index >= 15 is 0 Å². The standard InChI is InChI=1S/C16H19Cl2N3O4S/c1-26(24,25)21-6-4-20(5-7-21)16(23)11-19-15(22)3-2-12-8-13(17)10-14(18)9-12/h2-3,8-10H,4-7,11H2,1H3,(H,19,22)/b3-2+. The minimum absolute atomic E-state index is 0.154. The van der Waals surface area contributed by atoms with Crippen LogP contribution in [0.15, 0.2) is 24.3 Å². The Bertz CT molecular complexity index is 799. The summed E-state index contributed by atoms with van der Waals surface area (Å²) < 4.78 is 24.2. The number of nitrogens with zero attached hydrogens (tertiary/aromatic N) is 2. The third kappa shape index (κ3) is 6.28. The highest BCUT2D eigenvalue weighted by atomic mass is 35.5. The lowest BCUT2D eigenvalue weighted by atomic mass is 10.2. The zero-order chi connectivity index (χ0) is 19.3. The van der Waals surface area contributed by atoms with Crippen molar-refractivity contribution in [2.75, 3.05) is 39.0 Å². The average Bonchev–Trinajstić information content (AvgIpc) is 2.56. The Morgan fingerprint density at radius 1 is 1.12 bits per heavy atom. The molecule has 2 amide bonds. The Morgan fingerprint density at radius 3 is 2.23 bits per heavy atom. The summed E-state index contributed by atoms with van der Waals surface area (Å²) in [6, 6.07) is 4.90. The number of rotatable bonds is 5. The molecule has 1 aliphatic heterocycles. The molecular formula is C16H19Cl2N3O4S. The molecule has 2 rings (SSSR count). The van der Waals surface area contributed by atoms with E-state index in [2.05, 4.69) is 5.32 Å². The maximum atomic E-state index is 12.1. The van der Waals surface area contributed by atoms with Crippen LogP contribution in [-0.4, -0.2) is 68.4 Å². The molecule has 1 aromatic rings. The maximum Gasteiger partial charge on any atom is 0.244 e. The van der Waals surface area contributed by atoms with Gasteiger partial charge in [-0.1, -0.05) is 23.2 Å². The molecule has 1 saturated heterocycles. The van der Waals surface area contributed by atoms with Crippen LogP contribution >= 0.6 is 23.2 Å². The molecule has 1 fully saturated rings. The van der Waals surface area contributed by atoms with Crippen molar-refractivity contribution < 1.29 is 18.0 Å². The average molecular weight is 420 g/mol. The Hall–Kier alpha value is -1.61. The van der Waals surface area contributed by atoms with E-state index in [4.69, 9.17) is 23.2 Å². The Kier molecular flexibility index (Phi) is 7.05. The molecule has 26 heavy (non-hydrogen) atoms. The first-order valence-corrected chi connectivity index (χ1v) is 10.4. The van der Waals surface area contributed by atoms with E-state index in [1.54, 1.807) is 24.3 Å². The second-order valence-electron chi connectivity index (χ2n) is 5.80. The smallest absolute Gasteiger partial charge is 0.244 e. The fourth-order valence-corrected chi connectivity index (χ4v) is 3.82. The van der Waals surface area contributed by atoms with Gasteiger partial charge >= 0.3 is 0 Å². The topological polar surface area (TPSA) is 86.8 Å². The first-order chi connectivity index (χ1) is 12.1. The number of hydrogen-bond donors (Lipinski definition) is 1. The van der Waals surface area contributed by atoms with E-state index < -0.39 is 15.9 Å². The zero-order valence-electron chi connectivity index (χ0n) is 14.1. The molecule has 0 saturated carbocycles. The molecule has 1 N–H and O–H groups in total. The lowest BCUT2D eigenvalue weighted by Gasteiger charge is -2.33. The second-order valence-corrected chi connectivity index (χ2v) is 8.65. The minimum atomic E-state index is -3.24. The predicted octanol–water partition coefficient (Wildman–Crippen LogP) is 1.23. The number of piperazine rings is 1. The van der Waals surface area contributed by atoms with Crippen molar-refractivity contribution in [3.05, 3.63) is 39.9 Å². The van der Waals surface area contributed by atoms with Gasteiger partial charge in [0.05, 0.1) is 12.8 Å². The van der Waals surface area contributed by atoms with Gasteiger partial charge in [-0.15, -0.1) is 0 Å². The van der Waals surface area contributed by atoms with E-state index in [0.29, 0.717) is 28.7 Å². The molecular weight excluding hydrogens is 401 g/mol. The van der Waals surface area contributed by atoms with Gasteiger partial charge in [-0.25, -0.2) is 8.42 Å².